The number of likely N-dealkylation sites (tertiary alicyclic amines) is 1. The molecule has 4 N–H and O–H groups in total. The smallest absolute Gasteiger partial charge is 0.326 e. The number of fused-ring (bicyclic) bond motifs is 1. The molecule has 1 aromatic heterocycles. The van der Waals surface area contributed by atoms with Crippen molar-refractivity contribution in [3.8, 4) is 0 Å². The number of anilines is 1. The van der Waals surface area contributed by atoms with E-state index in [9.17, 15) is 9.59 Å². The van der Waals surface area contributed by atoms with Crippen molar-refractivity contribution in [1.29, 1.82) is 0 Å². The van der Waals surface area contributed by atoms with E-state index in [1.807, 2.05) is 10.6 Å². The molecule has 1 aromatic carbocycles. The first-order valence-electron chi connectivity index (χ1n) is 8.00. The Balaban J connectivity index is 1.88. The third kappa shape index (κ3) is 3.10. The number of hydrogen-bond donors (Lipinski definition) is 3. The van der Waals surface area contributed by atoms with Crippen LogP contribution >= 0.6 is 0 Å². The number of H-pyrrole nitrogens is 1. The molecule has 2 aromatic rings. The minimum absolute atomic E-state index is 0.0979. The normalized spacial score (nSPS) is 17.0. The number of carbonyl (C=O) groups is 1. The molecule has 3 rings (SSSR count). The third-order valence-corrected chi connectivity index (χ3v) is 4.58. The maximum atomic E-state index is 12.4. The van der Waals surface area contributed by atoms with Crippen LogP contribution in [0.1, 0.15) is 32.7 Å². The van der Waals surface area contributed by atoms with Gasteiger partial charge in [0.05, 0.1) is 11.0 Å². The molecule has 0 saturated carbocycles. The summed E-state index contributed by atoms with van der Waals surface area (Å²) in [5, 5.41) is 2.52. The first kappa shape index (κ1) is 15.6. The van der Waals surface area contributed by atoms with Crippen molar-refractivity contribution in [3.05, 3.63) is 28.7 Å². The van der Waals surface area contributed by atoms with Crippen LogP contribution < -0.4 is 16.7 Å². The van der Waals surface area contributed by atoms with E-state index in [0.29, 0.717) is 17.2 Å². The zero-order valence-corrected chi connectivity index (χ0v) is 13.5. The highest BCUT2D eigenvalue weighted by atomic mass is 16.2. The van der Waals surface area contributed by atoms with E-state index < -0.39 is 6.03 Å². The van der Waals surface area contributed by atoms with Gasteiger partial charge < -0.3 is 20.9 Å². The maximum absolute atomic E-state index is 12.4. The first-order chi connectivity index (χ1) is 11.0. The van der Waals surface area contributed by atoms with E-state index in [1.165, 1.54) is 0 Å². The molecule has 7 nitrogen and oxygen atoms in total. The van der Waals surface area contributed by atoms with Gasteiger partial charge in [0.15, 0.2) is 0 Å². The lowest BCUT2D eigenvalue weighted by Gasteiger charge is -2.35. The Labute approximate surface area is 134 Å². The molecule has 0 bridgehead atoms. The van der Waals surface area contributed by atoms with Gasteiger partial charge in [-0.05, 0) is 44.9 Å². The Kier molecular flexibility index (Phi) is 4.12. The molecular formula is C16H23N5O2. The number of rotatable bonds is 3. The summed E-state index contributed by atoms with van der Waals surface area (Å²) in [5.41, 5.74) is 7.19. The summed E-state index contributed by atoms with van der Waals surface area (Å²) < 4.78 is 1.85. The Morgan fingerprint density at radius 3 is 2.65 bits per heavy atom. The number of benzene rings is 1. The predicted octanol–water partition coefficient (Wildman–Crippen LogP) is 1.87. The zero-order valence-electron chi connectivity index (χ0n) is 13.5. The number of amides is 2. The molecule has 0 aliphatic carbocycles. The van der Waals surface area contributed by atoms with Crippen molar-refractivity contribution >= 4 is 22.8 Å². The number of primary amides is 1. The number of hydrogen-bond acceptors (Lipinski definition) is 3. The number of aromatic amines is 1. The van der Waals surface area contributed by atoms with E-state index in [1.54, 1.807) is 12.1 Å². The van der Waals surface area contributed by atoms with Crippen LogP contribution in [0.15, 0.2) is 23.0 Å². The predicted molar refractivity (Wildman–Crippen MR) is 90.7 cm³/mol. The summed E-state index contributed by atoms with van der Waals surface area (Å²) in [5.74, 6) is 0. The Hall–Kier alpha value is -2.28. The van der Waals surface area contributed by atoms with Gasteiger partial charge in [-0.1, -0.05) is 0 Å². The number of imidazole rings is 1. The topological polar surface area (TPSA) is 96.2 Å². The van der Waals surface area contributed by atoms with E-state index in [2.05, 4.69) is 29.0 Å². The minimum Gasteiger partial charge on any atom is -0.351 e. The molecule has 1 aliphatic heterocycles. The summed E-state index contributed by atoms with van der Waals surface area (Å²) in [6, 6.07) is 5.49. The first-order valence-corrected chi connectivity index (χ1v) is 8.00. The average molecular weight is 317 g/mol. The van der Waals surface area contributed by atoms with Crippen molar-refractivity contribution in [2.45, 2.75) is 38.8 Å². The molecule has 1 fully saturated rings. The molecule has 0 atom stereocenters. The van der Waals surface area contributed by atoms with Crippen molar-refractivity contribution in [3.63, 3.8) is 0 Å². The van der Waals surface area contributed by atoms with Gasteiger partial charge in [0.2, 0.25) is 0 Å². The fourth-order valence-corrected chi connectivity index (χ4v) is 3.37. The van der Waals surface area contributed by atoms with Gasteiger partial charge in [0.1, 0.15) is 0 Å². The van der Waals surface area contributed by atoms with Gasteiger partial charge in [0.25, 0.3) is 0 Å². The number of piperidine rings is 1. The number of carbonyl (C=O) groups excluding carboxylic acids is 1. The van der Waals surface area contributed by atoms with Crippen LogP contribution in [0.25, 0.3) is 11.0 Å². The quantitative estimate of drug-likeness (QED) is 0.806. The summed E-state index contributed by atoms with van der Waals surface area (Å²) in [7, 11) is 0. The molecule has 0 radical (unpaired) electrons. The van der Waals surface area contributed by atoms with E-state index in [-0.39, 0.29) is 11.7 Å². The molecule has 124 valence electrons. The monoisotopic (exact) mass is 317 g/mol. The van der Waals surface area contributed by atoms with Gasteiger partial charge in [-0.3, -0.25) is 4.57 Å². The molecule has 1 saturated heterocycles. The highest BCUT2D eigenvalue weighted by Gasteiger charge is 2.24. The van der Waals surface area contributed by atoms with E-state index in [4.69, 9.17) is 5.73 Å². The molecular weight excluding hydrogens is 294 g/mol. The second kappa shape index (κ2) is 6.08. The average Bonchev–Trinajstić information content (AvgIpc) is 2.81. The summed E-state index contributed by atoms with van der Waals surface area (Å²) in [4.78, 5) is 28.6. The molecule has 1 aliphatic rings. The molecule has 7 heteroatoms. The minimum atomic E-state index is -0.618. The van der Waals surface area contributed by atoms with Crippen LogP contribution in [-0.2, 0) is 0 Å². The molecule has 2 amide bonds. The zero-order chi connectivity index (χ0) is 16.6. The summed E-state index contributed by atoms with van der Waals surface area (Å²) in [6.45, 7) is 6.41. The molecule has 0 unspecified atom stereocenters. The van der Waals surface area contributed by atoms with Crippen molar-refractivity contribution < 1.29 is 4.79 Å². The highest BCUT2D eigenvalue weighted by Crippen LogP contribution is 2.26. The SMILES string of the molecule is CC(C)N1CCC(n2c(=O)[nH]c3cc(NC(N)=O)ccc32)CC1. The Morgan fingerprint density at radius 1 is 1.35 bits per heavy atom. The second-order valence-electron chi connectivity index (χ2n) is 6.38. The molecule has 23 heavy (non-hydrogen) atoms. The van der Waals surface area contributed by atoms with Gasteiger partial charge >= 0.3 is 11.7 Å². The third-order valence-electron chi connectivity index (χ3n) is 4.58. The number of nitrogens with zero attached hydrogens (tertiary/aromatic N) is 2. The number of urea groups is 1. The molecule has 2 heterocycles. The van der Waals surface area contributed by atoms with Gasteiger partial charge in [-0.15, -0.1) is 0 Å². The van der Waals surface area contributed by atoms with E-state index in [0.717, 1.165) is 31.4 Å². The lowest BCUT2D eigenvalue weighted by Crippen LogP contribution is -2.40. The molecule has 0 spiro atoms. The van der Waals surface area contributed by atoms with Crippen LogP contribution in [0, 0.1) is 0 Å². The van der Waals surface area contributed by atoms with E-state index >= 15 is 0 Å². The van der Waals surface area contributed by atoms with Crippen LogP contribution in [0.4, 0.5) is 10.5 Å². The Morgan fingerprint density at radius 2 is 2.04 bits per heavy atom. The van der Waals surface area contributed by atoms with Crippen LogP contribution in [0.3, 0.4) is 0 Å². The standard InChI is InChI=1S/C16H23N5O2/c1-10(2)20-7-5-12(6-8-20)21-14-4-3-11(18-15(17)22)9-13(14)19-16(21)23/h3-4,9-10,12H,5-8H2,1-2H3,(H,19,23)(H3,17,18,22). The lowest BCUT2D eigenvalue weighted by molar-refractivity contribution is 0.152. The number of aromatic nitrogens is 2. The lowest BCUT2D eigenvalue weighted by atomic mass is 10.0. The van der Waals surface area contributed by atoms with Crippen LogP contribution in [0.5, 0.6) is 0 Å². The van der Waals surface area contributed by atoms with Gasteiger partial charge in [-0.2, -0.15) is 0 Å². The van der Waals surface area contributed by atoms with Gasteiger partial charge in [0, 0.05) is 30.9 Å². The number of nitrogens with one attached hydrogen (secondary N) is 2. The fraction of sp³-hybridized carbons (Fsp3) is 0.500. The largest absolute Gasteiger partial charge is 0.351 e. The van der Waals surface area contributed by atoms with Crippen LogP contribution in [0.2, 0.25) is 0 Å². The maximum Gasteiger partial charge on any atom is 0.326 e. The van der Waals surface area contributed by atoms with Crippen molar-refractivity contribution in [2.75, 3.05) is 18.4 Å². The van der Waals surface area contributed by atoms with Crippen LogP contribution in [-0.4, -0.2) is 39.6 Å². The highest BCUT2D eigenvalue weighted by molar-refractivity contribution is 5.90. The van der Waals surface area contributed by atoms with Gasteiger partial charge in [-0.25, -0.2) is 9.59 Å². The number of nitrogens with two attached hydrogens (primary N) is 1. The fourth-order valence-electron chi connectivity index (χ4n) is 3.37. The van der Waals surface area contributed by atoms with Crippen molar-refractivity contribution in [1.82, 2.24) is 14.5 Å². The Bertz CT molecular complexity index is 768. The summed E-state index contributed by atoms with van der Waals surface area (Å²) >= 11 is 0. The van der Waals surface area contributed by atoms with Crippen molar-refractivity contribution in [2.24, 2.45) is 5.73 Å². The summed E-state index contributed by atoms with van der Waals surface area (Å²) in [6.07, 6.45) is 1.93. The second-order valence-corrected chi connectivity index (χ2v) is 6.38.